The number of anilines is 3. The number of rotatable bonds is 8. The summed E-state index contributed by atoms with van der Waals surface area (Å²) in [4.78, 5) is 35.8. The topological polar surface area (TPSA) is 136 Å². The second-order valence-corrected chi connectivity index (χ2v) is 12.0. The highest BCUT2D eigenvalue weighted by Crippen LogP contribution is 2.29. The normalized spacial score (nSPS) is 17.7. The summed E-state index contributed by atoms with van der Waals surface area (Å²) in [7, 11) is 0. The number of carbonyl (C=O) groups excluding carboxylic acids is 1. The monoisotopic (exact) mass is 619 g/mol. The number of benzene rings is 2. The number of hydrogen-bond donors (Lipinski definition) is 2. The lowest BCUT2D eigenvalue weighted by Gasteiger charge is -2.43. The van der Waals surface area contributed by atoms with Gasteiger partial charge < -0.3 is 29.6 Å². The second-order valence-electron chi connectivity index (χ2n) is 12.0. The van der Waals surface area contributed by atoms with Crippen molar-refractivity contribution in [3.05, 3.63) is 78.0 Å². The van der Waals surface area contributed by atoms with Crippen LogP contribution in [0.2, 0.25) is 0 Å². The van der Waals surface area contributed by atoms with Crippen molar-refractivity contribution in [1.29, 1.82) is 5.26 Å². The molecule has 3 saturated heterocycles. The molecule has 0 unspecified atom stereocenters. The molecule has 0 radical (unpaired) electrons. The molecule has 12 nitrogen and oxygen atoms in total. The fraction of sp³-hybridized carbons (Fsp3) is 0.382. The van der Waals surface area contributed by atoms with Crippen LogP contribution in [0.5, 0.6) is 5.75 Å². The largest absolute Gasteiger partial charge is 0.489 e. The average molecular weight is 620 g/mol. The van der Waals surface area contributed by atoms with Gasteiger partial charge in [0.05, 0.1) is 36.7 Å². The molecular formula is C34H37N9O3. The van der Waals surface area contributed by atoms with Crippen LogP contribution in [0.3, 0.4) is 0 Å². The Balaban J connectivity index is 0.950. The minimum Gasteiger partial charge on any atom is -0.489 e. The van der Waals surface area contributed by atoms with Crippen molar-refractivity contribution in [2.45, 2.75) is 31.9 Å². The Bertz CT molecular complexity index is 1710. The van der Waals surface area contributed by atoms with E-state index < -0.39 is 0 Å². The molecule has 3 aliphatic heterocycles. The van der Waals surface area contributed by atoms with E-state index in [9.17, 15) is 10.1 Å². The molecule has 2 aromatic carbocycles. The van der Waals surface area contributed by atoms with Crippen LogP contribution in [0.15, 0.2) is 60.9 Å². The van der Waals surface area contributed by atoms with Gasteiger partial charge in [-0.1, -0.05) is 0 Å². The molecule has 0 spiro atoms. The molecule has 7 rings (SSSR count). The number of aryl methyl sites for hydroxylation is 1. The number of piperidine rings is 1. The summed E-state index contributed by atoms with van der Waals surface area (Å²) in [6.07, 6.45) is 4.56. The number of nitrogens with one attached hydrogen (secondary N) is 2. The first-order valence-electron chi connectivity index (χ1n) is 15.8. The number of likely N-dealkylation sites (tertiary alicyclic amines) is 1. The highest BCUT2D eigenvalue weighted by atomic mass is 16.5. The van der Waals surface area contributed by atoms with Gasteiger partial charge >= 0.3 is 0 Å². The molecule has 5 heterocycles. The smallest absolute Gasteiger partial charge is 0.271 e. The molecule has 0 bridgehead atoms. The van der Waals surface area contributed by atoms with Crippen molar-refractivity contribution in [3.8, 4) is 23.1 Å². The first-order chi connectivity index (χ1) is 22.5. The quantitative estimate of drug-likeness (QED) is 0.298. The number of carbonyl (C=O) groups is 1. The summed E-state index contributed by atoms with van der Waals surface area (Å²) < 4.78 is 11.6. The number of H-pyrrole nitrogens is 1. The highest BCUT2D eigenvalue weighted by Gasteiger charge is 2.29. The fourth-order valence-electron chi connectivity index (χ4n) is 6.18. The molecule has 3 aliphatic rings. The number of aromatic amines is 1. The molecule has 2 aromatic heterocycles. The Morgan fingerprint density at radius 2 is 1.80 bits per heavy atom. The summed E-state index contributed by atoms with van der Waals surface area (Å²) >= 11 is 0. The van der Waals surface area contributed by atoms with Crippen molar-refractivity contribution in [2.24, 2.45) is 0 Å². The third-order valence-corrected chi connectivity index (χ3v) is 8.95. The van der Waals surface area contributed by atoms with Crippen LogP contribution in [-0.2, 0) is 4.74 Å². The SMILES string of the molecule is Cc1ncc(C(=O)N2CCC(Oc3ccc(-c4ccnc(Nc5ccc(N6CCN(C7COC7)CC6)cc5)n4)cc3C#N)CC2)[nH]1. The summed E-state index contributed by atoms with van der Waals surface area (Å²) in [5, 5.41) is 13.2. The highest BCUT2D eigenvalue weighted by molar-refractivity contribution is 5.92. The van der Waals surface area contributed by atoms with Gasteiger partial charge in [0.1, 0.15) is 29.4 Å². The zero-order chi connectivity index (χ0) is 31.5. The molecule has 0 atom stereocenters. The maximum absolute atomic E-state index is 12.7. The number of nitrogens with zero attached hydrogens (tertiary/aromatic N) is 7. The minimum absolute atomic E-state index is 0.0543. The maximum Gasteiger partial charge on any atom is 0.271 e. The molecule has 2 N–H and O–H groups in total. The van der Waals surface area contributed by atoms with Gasteiger partial charge in [-0.3, -0.25) is 9.69 Å². The first kappa shape index (κ1) is 29.7. The summed E-state index contributed by atoms with van der Waals surface area (Å²) in [6, 6.07) is 18.6. The predicted octanol–water partition coefficient (Wildman–Crippen LogP) is 3.99. The van der Waals surface area contributed by atoms with E-state index in [1.165, 1.54) is 5.69 Å². The third kappa shape index (κ3) is 6.51. The summed E-state index contributed by atoms with van der Waals surface area (Å²) in [5.41, 5.74) is 4.55. The van der Waals surface area contributed by atoms with Gasteiger partial charge in [0, 0.05) is 75.2 Å². The number of piperazine rings is 1. The fourth-order valence-corrected chi connectivity index (χ4v) is 6.18. The summed E-state index contributed by atoms with van der Waals surface area (Å²) in [5.74, 6) is 1.67. The van der Waals surface area contributed by atoms with Gasteiger partial charge in [0.2, 0.25) is 5.95 Å². The molecule has 236 valence electrons. The van der Waals surface area contributed by atoms with Gasteiger partial charge in [-0.25, -0.2) is 15.0 Å². The van der Waals surface area contributed by atoms with E-state index in [1.807, 2.05) is 30.0 Å². The van der Waals surface area contributed by atoms with Crippen molar-refractivity contribution in [3.63, 3.8) is 0 Å². The van der Waals surface area contributed by atoms with E-state index >= 15 is 0 Å². The van der Waals surface area contributed by atoms with Gasteiger partial charge in [-0.15, -0.1) is 0 Å². The van der Waals surface area contributed by atoms with Crippen molar-refractivity contribution in [2.75, 3.05) is 62.7 Å². The molecule has 46 heavy (non-hydrogen) atoms. The minimum atomic E-state index is -0.0845. The molecule has 3 fully saturated rings. The van der Waals surface area contributed by atoms with Gasteiger partial charge in [0.15, 0.2) is 0 Å². The van der Waals surface area contributed by atoms with Gasteiger partial charge in [0.25, 0.3) is 5.91 Å². The Hall–Kier alpha value is -4.99. The van der Waals surface area contributed by atoms with Crippen LogP contribution < -0.4 is 15.0 Å². The average Bonchev–Trinajstić information content (AvgIpc) is 3.51. The molecule has 12 heteroatoms. The maximum atomic E-state index is 12.7. The number of imidazole rings is 1. The van der Waals surface area contributed by atoms with E-state index in [0.29, 0.717) is 66.4 Å². The van der Waals surface area contributed by atoms with E-state index in [4.69, 9.17) is 14.5 Å². The number of nitriles is 1. The van der Waals surface area contributed by atoms with E-state index in [-0.39, 0.29) is 12.0 Å². The molecular weight excluding hydrogens is 582 g/mol. The molecule has 0 aliphatic carbocycles. The zero-order valence-electron chi connectivity index (χ0n) is 25.9. The molecule has 0 saturated carbocycles. The second kappa shape index (κ2) is 13.2. The summed E-state index contributed by atoms with van der Waals surface area (Å²) in [6.45, 7) is 8.84. The number of aromatic nitrogens is 4. The first-order valence-corrected chi connectivity index (χ1v) is 15.8. The van der Waals surface area contributed by atoms with Gasteiger partial charge in [-0.2, -0.15) is 5.26 Å². The Kier molecular flexibility index (Phi) is 8.50. The van der Waals surface area contributed by atoms with Crippen LogP contribution in [0.4, 0.5) is 17.3 Å². The van der Waals surface area contributed by atoms with Crippen LogP contribution in [0.1, 0.15) is 34.7 Å². The van der Waals surface area contributed by atoms with Gasteiger partial charge in [-0.05, 0) is 55.5 Å². The number of amides is 1. The Labute approximate surface area is 268 Å². The van der Waals surface area contributed by atoms with Crippen molar-refractivity contribution >= 4 is 23.2 Å². The molecule has 1 amide bonds. The predicted molar refractivity (Wildman–Crippen MR) is 173 cm³/mol. The lowest BCUT2D eigenvalue weighted by molar-refractivity contribution is -0.0660. The lowest BCUT2D eigenvalue weighted by Crippen LogP contribution is -2.56. The van der Waals surface area contributed by atoms with Crippen LogP contribution in [-0.4, -0.2) is 100 Å². The third-order valence-electron chi connectivity index (χ3n) is 8.95. The number of hydrogen-bond acceptors (Lipinski definition) is 10. The van der Waals surface area contributed by atoms with Crippen molar-refractivity contribution in [1.82, 2.24) is 29.7 Å². The van der Waals surface area contributed by atoms with Crippen LogP contribution in [0, 0.1) is 18.3 Å². The standard InChI is InChI=1S/C34H37N9O3/c1-23-37-20-31(38-23)33(44)43-12-9-29(10-13-43)46-32-7-2-24(18-25(32)19-35)30-8-11-36-34(40-30)39-26-3-5-27(6-4-26)41-14-16-42(17-15-41)28-21-45-22-28/h2-8,11,18,20,28-29H,9-10,12-17,21-22H2,1H3,(H,37,38)(H,36,39,40). The van der Waals surface area contributed by atoms with E-state index in [2.05, 4.69) is 60.4 Å². The molecule has 4 aromatic rings. The Morgan fingerprint density at radius 1 is 1.02 bits per heavy atom. The number of ether oxygens (including phenoxy) is 2. The van der Waals surface area contributed by atoms with Crippen LogP contribution >= 0.6 is 0 Å². The Morgan fingerprint density at radius 3 is 2.48 bits per heavy atom. The van der Waals surface area contributed by atoms with E-state index in [0.717, 1.165) is 50.6 Å². The van der Waals surface area contributed by atoms with E-state index in [1.54, 1.807) is 18.5 Å². The van der Waals surface area contributed by atoms with Crippen molar-refractivity contribution < 1.29 is 14.3 Å². The lowest BCUT2D eigenvalue weighted by atomic mass is 10.1. The zero-order valence-corrected chi connectivity index (χ0v) is 25.9. The van der Waals surface area contributed by atoms with Crippen LogP contribution in [0.25, 0.3) is 11.3 Å².